The van der Waals surface area contributed by atoms with Crippen LogP contribution >= 0.6 is 0 Å². The Bertz CT molecular complexity index is 916. The largest absolute Gasteiger partial charge is 0.497 e. The summed E-state index contributed by atoms with van der Waals surface area (Å²) in [5.41, 5.74) is 3.34. The maximum Gasteiger partial charge on any atom is 0.227 e. The van der Waals surface area contributed by atoms with E-state index in [-0.39, 0.29) is 11.8 Å². The molecule has 1 saturated heterocycles. The number of benzene rings is 1. The molecule has 7 nitrogen and oxygen atoms in total. The summed E-state index contributed by atoms with van der Waals surface area (Å²) in [7, 11) is 5.70. The van der Waals surface area contributed by atoms with Crippen molar-refractivity contribution in [2.45, 2.75) is 38.1 Å². The summed E-state index contributed by atoms with van der Waals surface area (Å²) in [4.78, 5) is 27.0. The highest BCUT2D eigenvalue weighted by atomic mass is 16.5. The third-order valence-electron chi connectivity index (χ3n) is 6.14. The number of methoxy groups -OCH3 is 1. The average Bonchev–Trinajstić information content (AvgIpc) is 2.78. The van der Waals surface area contributed by atoms with Crippen LogP contribution in [0.25, 0.3) is 0 Å². The molecule has 2 aliphatic heterocycles. The predicted molar refractivity (Wildman–Crippen MR) is 117 cm³/mol. The molecule has 0 spiro atoms. The van der Waals surface area contributed by atoms with Crippen LogP contribution in [0.3, 0.4) is 0 Å². The molecular weight excluding hydrogens is 378 g/mol. The Morgan fingerprint density at radius 2 is 2.17 bits per heavy atom. The molecule has 30 heavy (non-hydrogen) atoms. The van der Waals surface area contributed by atoms with Gasteiger partial charge in [0.1, 0.15) is 17.4 Å². The molecule has 1 atom stereocenters. The number of aromatic nitrogens is 2. The summed E-state index contributed by atoms with van der Waals surface area (Å²) in [6.07, 6.45) is 3.35. The number of hydrogen-bond acceptors (Lipinski definition) is 6. The van der Waals surface area contributed by atoms with Crippen LogP contribution < -0.4 is 10.1 Å². The Balaban J connectivity index is 1.49. The molecule has 1 aromatic carbocycles. The lowest BCUT2D eigenvalue weighted by Crippen LogP contribution is -2.40. The molecule has 4 rings (SSSR count). The van der Waals surface area contributed by atoms with Gasteiger partial charge in [0.2, 0.25) is 5.91 Å². The van der Waals surface area contributed by atoms with Gasteiger partial charge in [-0.25, -0.2) is 9.97 Å². The van der Waals surface area contributed by atoms with Gasteiger partial charge < -0.3 is 19.9 Å². The highest BCUT2D eigenvalue weighted by Gasteiger charge is 2.29. The number of anilines is 1. The van der Waals surface area contributed by atoms with E-state index in [0.29, 0.717) is 13.0 Å². The number of rotatable bonds is 5. The topological polar surface area (TPSA) is 70.6 Å². The highest BCUT2D eigenvalue weighted by molar-refractivity contribution is 5.79. The number of piperidine rings is 1. The van der Waals surface area contributed by atoms with E-state index < -0.39 is 0 Å². The quantitative estimate of drug-likeness (QED) is 0.818. The summed E-state index contributed by atoms with van der Waals surface area (Å²) in [5, 5.41) is 3.26. The van der Waals surface area contributed by atoms with E-state index in [0.717, 1.165) is 67.5 Å². The summed E-state index contributed by atoms with van der Waals surface area (Å²) in [6, 6.07) is 7.73. The monoisotopic (exact) mass is 409 g/mol. The Hall–Kier alpha value is -2.67. The second-order valence-corrected chi connectivity index (χ2v) is 8.30. The third kappa shape index (κ3) is 4.41. The molecule has 1 N–H and O–H groups in total. The minimum Gasteiger partial charge on any atom is -0.497 e. The second-order valence-electron chi connectivity index (χ2n) is 8.30. The number of nitrogens with zero attached hydrogens (tertiary/aromatic N) is 4. The molecule has 0 radical (unpaired) electrons. The lowest BCUT2D eigenvalue weighted by atomic mass is 9.95. The van der Waals surface area contributed by atoms with Crippen molar-refractivity contribution in [3.8, 4) is 5.75 Å². The first-order chi connectivity index (χ1) is 14.6. The van der Waals surface area contributed by atoms with Gasteiger partial charge in [0.05, 0.1) is 19.2 Å². The van der Waals surface area contributed by atoms with Crippen LogP contribution in [-0.2, 0) is 24.2 Å². The van der Waals surface area contributed by atoms with Crippen molar-refractivity contribution in [2.75, 3.05) is 46.2 Å². The fraction of sp³-hybridized carbons (Fsp3) is 0.522. The summed E-state index contributed by atoms with van der Waals surface area (Å²) >= 11 is 0. The Kier molecular flexibility index (Phi) is 6.18. The zero-order chi connectivity index (χ0) is 21.1. The number of amides is 1. The van der Waals surface area contributed by atoms with Gasteiger partial charge >= 0.3 is 0 Å². The molecule has 0 aliphatic carbocycles. The van der Waals surface area contributed by atoms with Gasteiger partial charge in [0.25, 0.3) is 0 Å². The van der Waals surface area contributed by atoms with E-state index in [4.69, 9.17) is 14.7 Å². The number of ether oxygens (including phenoxy) is 1. The summed E-state index contributed by atoms with van der Waals surface area (Å²) in [5.74, 6) is 2.93. The van der Waals surface area contributed by atoms with Crippen molar-refractivity contribution in [1.82, 2.24) is 19.8 Å². The average molecular weight is 410 g/mol. The molecule has 3 heterocycles. The van der Waals surface area contributed by atoms with Crippen LogP contribution in [-0.4, -0.2) is 66.5 Å². The minimum absolute atomic E-state index is 0.152. The zero-order valence-electron chi connectivity index (χ0n) is 18.1. The predicted octanol–water partition coefficient (Wildman–Crippen LogP) is 2.46. The molecule has 7 heteroatoms. The minimum atomic E-state index is 0.152. The van der Waals surface area contributed by atoms with Crippen LogP contribution in [0, 0.1) is 0 Å². The van der Waals surface area contributed by atoms with Crippen molar-refractivity contribution < 1.29 is 9.53 Å². The van der Waals surface area contributed by atoms with Crippen LogP contribution in [0.2, 0.25) is 0 Å². The molecule has 1 amide bonds. The first-order valence-electron chi connectivity index (χ1n) is 10.7. The van der Waals surface area contributed by atoms with Gasteiger partial charge in [0.15, 0.2) is 0 Å². The molecule has 2 aliphatic rings. The summed E-state index contributed by atoms with van der Waals surface area (Å²) < 4.78 is 5.28. The van der Waals surface area contributed by atoms with Crippen LogP contribution in [0.4, 0.5) is 5.82 Å². The van der Waals surface area contributed by atoms with E-state index in [1.807, 2.05) is 36.2 Å². The van der Waals surface area contributed by atoms with Gasteiger partial charge in [-0.05, 0) is 44.0 Å². The lowest BCUT2D eigenvalue weighted by Gasteiger charge is -2.33. The van der Waals surface area contributed by atoms with Crippen molar-refractivity contribution in [3.63, 3.8) is 0 Å². The fourth-order valence-electron chi connectivity index (χ4n) is 4.45. The van der Waals surface area contributed by atoms with E-state index in [1.54, 1.807) is 7.11 Å². The number of nitrogens with one attached hydrogen (secondary N) is 1. The van der Waals surface area contributed by atoms with Crippen LogP contribution in [0.1, 0.15) is 41.4 Å². The number of carbonyl (C=O) groups excluding carboxylic acids is 1. The second kappa shape index (κ2) is 9.00. The van der Waals surface area contributed by atoms with Crippen molar-refractivity contribution in [1.29, 1.82) is 0 Å². The smallest absolute Gasteiger partial charge is 0.227 e. The van der Waals surface area contributed by atoms with Crippen molar-refractivity contribution in [3.05, 3.63) is 46.9 Å². The molecule has 1 fully saturated rings. The van der Waals surface area contributed by atoms with E-state index >= 15 is 0 Å². The molecule has 0 saturated carbocycles. The number of fused-ring (bicyclic) bond motifs is 1. The van der Waals surface area contributed by atoms with Gasteiger partial charge in [-0.15, -0.1) is 0 Å². The van der Waals surface area contributed by atoms with Gasteiger partial charge in [-0.2, -0.15) is 0 Å². The number of likely N-dealkylation sites (N-methyl/N-ethyl adjacent to an activating group) is 1. The maximum absolute atomic E-state index is 13.0. The number of carbonyl (C=O) groups is 1. The van der Waals surface area contributed by atoms with Gasteiger partial charge in [-0.3, -0.25) is 4.79 Å². The highest BCUT2D eigenvalue weighted by Crippen LogP contribution is 2.30. The fourth-order valence-corrected chi connectivity index (χ4v) is 4.45. The Labute approximate surface area is 178 Å². The maximum atomic E-state index is 13.0. The Morgan fingerprint density at radius 1 is 1.30 bits per heavy atom. The first-order valence-corrected chi connectivity index (χ1v) is 10.7. The lowest BCUT2D eigenvalue weighted by molar-refractivity contribution is -0.131. The van der Waals surface area contributed by atoms with Crippen molar-refractivity contribution >= 4 is 11.7 Å². The Morgan fingerprint density at radius 3 is 2.97 bits per heavy atom. The molecular formula is C23H31N5O2. The molecule has 2 aromatic rings. The van der Waals surface area contributed by atoms with Gasteiger partial charge in [-0.1, -0.05) is 12.1 Å². The zero-order valence-corrected chi connectivity index (χ0v) is 18.1. The van der Waals surface area contributed by atoms with E-state index in [1.165, 1.54) is 5.56 Å². The molecule has 1 aromatic heterocycles. The molecule has 1 unspecified atom stereocenters. The number of hydrogen-bond donors (Lipinski definition) is 1. The van der Waals surface area contributed by atoms with Crippen LogP contribution in [0.5, 0.6) is 5.75 Å². The van der Waals surface area contributed by atoms with Crippen molar-refractivity contribution in [2.24, 2.45) is 0 Å². The molecule has 160 valence electrons. The standard InChI is InChI=1S/C23H31N5O2/c1-24-23-19-9-11-27(2)15-20(19)25-22(26-23)17-7-5-10-28(14-17)21(29)13-16-6-4-8-18(12-16)30-3/h4,6,8,12,17H,5,7,9-11,13-15H2,1-3H3,(H,24,25,26). The molecule has 0 bridgehead atoms. The van der Waals surface area contributed by atoms with E-state index in [2.05, 4.69) is 17.3 Å². The van der Waals surface area contributed by atoms with E-state index in [9.17, 15) is 4.79 Å². The normalized spacial score (nSPS) is 19.3. The first kappa shape index (κ1) is 20.6. The SMILES string of the molecule is CNc1nc(C2CCCN(C(=O)Cc3cccc(OC)c3)C2)nc2c1CCN(C)C2. The number of likely N-dealkylation sites (tertiary alicyclic amines) is 1. The summed E-state index contributed by atoms with van der Waals surface area (Å²) in [6.45, 7) is 3.36. The van der Waals surface area contributed by atoms with Crippen LogP contribution in [0.15, 0.2) is 24.3 Å². The van der Waals surface area contributed by atoms with Gasteiger partial charge in [0, 0.05) is 44.7 Å². The third-order valence-corrected chi connectivity index (χ3v) is 6.14.